The van der Waals surface area contributed by atoms with E-state index in [2.05, 4.69) is 5.32 Å². The number of rotatable bonds is 8. The second-order valence-electron chi connectivity index (χ2n) is 5.90. The summed E-state index contributed by atoms with van der Waals surface area (Å²) >= 11 is 1.32. The summed E-state index contributed by atoms with van der Waals surface area (Å²) in [6, 6.07) is 14.6. The smallest absolute Gasteiger partial charge is 0.339 e. The Morgan fingerprint density at radius 1 is 1.08 bits per heavy atom. The number of nitrogens with one attached hydrogen (secondary N) is 1. The standard InChI is InChI=1S/C20H23NO4S/c1-14(2)21-19(22)13-26-18-11-7-5-9-16(18)20(23)25-12-15-8-4-6-10-17(15)24-3/h4-11,14H,12-13H2,1-3H3,(H,21,22). The highest BCUT2D eigenvalue weighted by atomic mass is 32.2. The molecule has 0 aliphatic carbocycles. The van der Waals surface area contributed by atoms with Gasteiger partial charge in [-0.2, -0.15) is 0 Å². The molecule has 0 bridgehead atoms. The molecule has 0 saturated carbocycles. The van der Waals surface area contributed by atoms with E-state index in [1.807, 2.05) is 50.2 Å². The molecule has 2 aromatic rings. The van der Waals surface area contributed by atoms with Gasteiger partial charge in [-0.3, -0.25) is 4.79 Å². The van der Waals surface area contributed by atoms with Crippen LogP contribution in [0.25, 0.3) is 0 Å². The Bertz CT molecular complexity index is 761. The number of esters is 1. The van der Waals surface area contributed by atoms with Crippen molar-refractivity contribution in [2.75, 3.05) is 12.9 Å². The van der Waals surface area contributed by atoms with Crippen LogP contribution in [0.2, 0.25) is 0 Å². The van der Waals surface area contributed by atoms with E-state index in [-0.39, 0.29) is 24.3 Å². The van der Waals surface area contributed by atoms with Gasteiger partial charge in [-0.15, -0.1) is 11.8 Å². The Balaban J connectivity index is 2.01. The van der Waals surface area contributed by atoms with E-state index < -0.39 is 5.97 Å². The summed E-state index contributed by atoms with van der Waals surface area (Å²) in [5.74, 6) is 0.424. The van der Waals surface area contributed by atoms with Gasteiger partial charge >= 0.3 is 5.97 Å². The lowest BCUT2D eigenvalue weighted by Crippen LogP contribution is -2.31. The second-order valence-corrected chi connectivity index (χ2v) is 6.91. The second kappa shape index (κ2) is 9.87. The molecule has 0 unspecified atom stereocenters. The van der Waals surface area contributed by atoms with Crippen LogP contribution >= 0.6 is 11.8 Å². The molecule has 5 nitrogen and oxygen atoms in total. The summed E-state index contributed by atoms with van der Waals surface area (Å²) < 4.78 is 10.7. The molecule has 0 aliphatic heterocycles. The van der Waals surface area contributed by atoms with Gasteiger partial charge in [-0.05, 0) is 32.0 Å². The highest BCUT2D eigenvalue weighted by Crippen LogP contribution is 2.24. The molecular weight excluding hydrogens is 350 g/mol. The molecule has 26 heavy (non-hydrogen) atoms. The Morgan fingerprint density at radius 2 is 1.77 bits per heavy atom. The number of benzene rings is 2. The normalized spacial score (nSPS) is 10.5. The van der Waals surface area contributed by atoms with Gasteiger partial charge in [0.15, 0.2) is 0 Å². The lowest BCUT2D eigenvalue weighted by molar-refractivity contribution is -0.119. The first-order valence-corrected chi connectivity index (χ1v) is 9.30. The van der Waals surface area contributed by atoms with Crippen LogP contribution in [0.3, 0.4) is 0 Å². The van der Waals surface area contributed by atoms with E-state index >= 15 is 0 Å². The zero-order valence-electron chi connectivity index (χ0n) is 15.2. The molecule has 0 spiro atoms. The fraction of sp³-hybridized carbons (Fsp3) is 0.300. The molecule has 0 fully saturated rings. The van der Waals surface area contributed by atoms with Crippen molar-refractivity contribution in [2.24, 2.45) is 0 Å². The predicted octanol–water partition coefficient (Wildman–Crippen LogP) is 3.67. The zero-order chi connectivity index (χ0) is 18.9. The molecule has 0 saturated heterocycles. The minimum atomic E-state index is -0.428. The van der Waals surface area contributed by atoms with Crippen LogP contribution in [0.5, 0.6) is 5.75 Å². The van der Waals surface area contributed by atoms with Crippen LogP contribution in [0.4, 0.5) is 0 Å². The van der Waals surface area contributed by atoms with Gasteiger partial charge in [0.2, 0.25) is 5.91 Å². The van der Waals surface area contributed by atoms with E-state index in [9.17, 15) is 9.59 Å². The quantitative estimate of drug-likeness (QED) is 0.565. The van der Waals surface area contributed by atoms with Crippen LogP contribution in [-0.2, 0) is 16.1 Å². The number of carbonyl (C=O) groups is 2. The highest BCUT2D eigenvalue weighted by Gasteiger charge is 2.15. The summed E-state index contributed by atoms with van der Waals surface area (Å²) in [5, 5.41) is 2.83. The van der Waals surface area contributed by atoms with Gasteiger partial charge in [0, 0.05) is 16.5 Å². The van der Waals surface area contributed by atoms with Crippen LogP contribution in [0.1, 0.15) is 29.8 Å². The summed E-state index contributed by atoms with van der Waals surface area (Å²) in [6.45, 7) is 3.94. The Morgan fingerprint density at radius 3 is 2.50 bits per heavy atom. The number of amides is 1. The van der Waals surface area contributed by atoms with E-state index in [0.29, 0.717) is 11.3 Å². The monoisotopic (exact) mass is 373 g/mol. The molecule has 2 aromatic carbocycles. The van der Waals surface area contributed by atoms with Gasteiger partial charge < -0.3 is 14.8 Å². The highest BCUT2D eigenvalue weighted by molar-refractivity contribution is 8.00. The molecule has 0 atom stereocenters. The van der Waals surface area contributed by atoms with Crippen molar-refractivity contribution < 1.29 is 19.1 Å². The third-order valence-electron chi connectivity index (χ3n) is 3.47. The van der Waals surface area contributed by atoms with E-state index in [1.165, 1.54) is 11.8 Å². The van der Waals surface area contributed by atoms with Gasteiger partial charge in [-0.25, -0.2) is 4.79 Å². The van der Waals surface area contributed by atoms with Crippen molar-refractivity contribution in [1.29, 1.82) is 0 Å². The maximum Gasteiger partial charge on any atom is 0.339 e. The van der Waals surface area contributed by atoms with Crippen LogP contribution in [0.15, 0.2) is 53.4 Å². The number of hydrogen-bond donors (Lipinski definition) is 1. The Hall–Kier alpha value is -2.47. The number of methoxy groups -OCH3 is 1. The molecule has 6 heteroatoms. The van der Waals surface area contributed by atoms with Crippen LogP contribution < -0.4 is 10.1 Å². The van der Waals surface area contributed by atoms with Crippen molar-refractivity contribution in [3.8, 4) is 5.75 Å². The van der Waals surface area contributed by atoms with Crippen molar-refractivity contribution >= 4 is 23.6 Å². The topological polar surface area (TPSA) is 64.6 Å². The average molecular weight is 373 g/mol. The van der Waals surface area contributed by atoms with Crippen LogP contribution in [0, 0.1) is 0 Å². The maximum atomic E-state index is 12.5. The number of thioether (sulfide) groups is 1. The number of para-hydroxylation sites is 1. The van der Waals surface area contributed by atoms with E-state index in [0.717, 1.165) is 10.5 Å². The zero-order valence-corrected chi connectivity index (χ0v) is 16.0. The first-order valence-electron chi connectivity index (χ1n) is 8.31. The third kappa shape index (κ3) is 5.81. The van der Waals surface area contributed by atoms with Gasteiger partial charge in [-0.1, -0.05) is 30.3 Å². The van der Waals surface area contributed by atoms with Gasteiger partial charge in [0.05, 0.1) is 18.4 Å². The molecule has 0 radical (unpaired) electrons. The van der Waals surface area contributed by atoms with Crippen molar-refractivity contribution in [3.05, 3.63) is 59.7 Å². The lowest BCUT2D eigenvalue weighted by Gasteiger charge is -2.12. The average Bonchev–Trinajstić information content (AvgIpc) is 2.64. The molecule has 0 aromatic heterocycles. The number of hydrogen-bond acceptors (Lipinski definition) is 5. The molecule has 1 amide bonds. The summed E-state index contributed by atoms with van der Waals surface area (Å²) in [4.78, 5) is 25.0. The largest absolute Gasteiger partial charge is 0.496 e. The molecular formula is C20H23NO4S. The summed E-state index contributed by atoms with van der Waals surface area (Å²) in [7, 11) is 1.58. The van der Waals surface area contributed by atoms with Crippen molar-refractivity contribution in [2.45, 2.75) is 31.4 Å². The fourth-order valence-electron chi connectivity index (χ4n) is 2.31. The minimum Gasteiger partial charge on any atom is -0.496 e. The first-order chi connectivity index (χ1) is 12.5. The van der Waals surface area contributed by atoms with Gasteiger partial charge in [0.1, 0.15) is 12.4 Å². The maximum absolute atomic E-state index is 12.5. The predicted molar refractivity (Wildman–Crippen MR) is 103 cm³/mol. The lowest BCUT2D eigenvalue weighted by atomic mass is 10.2. The van der Waals surface area contributed by atoms with Crippen molar-refractivity contribution in [1.82, 2.24) is 5.32 Å². The van der Waals surface area contributed by atoms with E-state index in [4.69, 9.17) is 9.47 Å². The summed E-state index contributed by atoms with van der Waals surface area (Å²) in [6.07, 6.45) is 0. The number of ether oxygens (including phenoxy) is 2. The van der Waals surface area contributed by atoms with E-state index in [1.54, 1.807) is 19.2 Å². The molecule has 1 N–H and O–H groups in total. The summed E-state index contributed by atoms with van der Waals surface area (Å²) in [5.41, 5.74) is 1.24. The Kier molecular flexibility index (Phi) is 7.53. The van der Waals surface area contributed by atoms with Gasteiger partial charge in [0.25, 0.3) is 0 Å². The fourth-order valence-corrected chi connectivity index (χ4v) is 3.16. The molecule has 2 rings (SSSR count). The van der Waals surface area contributed by atoms with Crippen molar-refractivity contribution in [3.63, 3.8) is 0 Å². The SMILES string of the molecule is COc1ccccc1COC(=O)c1ccccc1SCC(=O)NC(C)C. The minimum absolute atomic E-state index is 0.0674. The molecule has 0 aliphatic rings. The first kappa shape index (κ1) is 19.8. The molecule has 138 valence electrons. The third-order valence-corrected chi connectivity index (χ3v) is 4.54. The number of carbonyl (C=O) groups excluding carboxylic acids is 2. The van der Waals surface area contributed by atoms with Crippen LogP contribution in [-0.4, -0.2) is 30.8 Å². The Labute approximate surface area is 158 Å². The molecule has 0 heterocycles.